The van der Waals surface area contributed by atoms with E-state index in [2.05, 4.69) is 11.9 Å². The van der Waals surface area contributed by atoms with E-state index in [1.54, 1.807) is 18.8 Å². The topological polar surface area (TPSA) is 12.4 Å². The Kier molecular flexibility index (Phi) is 5.04. The molecule has 0 unspecified atom stereocenters. The lowest BCUT2D eigenvalue weighted by Crippen LogP contribution is -1.63. The number of hydrogen-bond donors (Lipinski definition) is 0. The molecule has 6 heavy (non-hydrogen) atoms. The predicted octanol–water partition coefficient (Wildman–Crippen LogP) is 1.40. The first-order chi connectivity index (χ1) is 2.91. The van der Waals surface area contributed by atoms with Gasteiger partial charge in [0.05, 0.1) is 5.55 Å². The van der Waals surface area contributed by atoms with Crippen LogP contribution < -0.4 is 0 Å². The molecule has 2 heteroatoms. The zero-order valence-corrected chi connectivity index (χ0v) is 4.96. The van der Waals surface area contributed by atoms with Gasteiger partial charge in [-0.1, -0.05) is 6.92 Å². The van der Waals surface area contributed by atoms with Crippen molar-refractivity contribution in [1.82, 2.24) is 0 Å². The van der Waals surface area contributed by atoms with Crippen LogP contribution in [0.5, 0.6) is 0 Å². The Morgan fingerprint density at radius 2 is 2.50 bits per heavy atom. The molecule has 0 heterocycles. The minimum atomic E-state index is 1.12. The van der Waals surface area contributed by atoms with Crippen LogP contribution in [0.4, 0.5) is 0 Å². The Bertz CT molecular complexity index is 42.8. The third-order valence-electron chi connectivity index (χ3n) is 0.347. The molecule has 1 nitrogen and oxygen atoms in total. The summed E-state index contributed by atoms with van der Waals surface area (Å²) in [7, 11) is 1.78. The number of thioether (sulfide) groups is 1. The zero-order valence-electron chi connectivity index (χ0n) is 4.14. The molecule has 0 aliphatic carbocycles. The number of hydrogen-bond acceptors (Lipinski definition) is 2. The van der Waals surface area contributed by atoms with Gasteiger partial charge in [-0.15, -0.1) is 11.8 Å². The van der Waals surface area contributed by atoms with Crippen LogP contribution >= 0.6 is 11.8 Å². The van der Waals surface area contributed by atoms with Crippen molar-refractivity contribution in [1.29, 1.82) is 0 Å². The summed E-state index contributed by atoms with van der Waals surface area (Å²) in [6, 6.07) is 0. The van der Waals surface area contributed by atoms with Crippen molar-refractivity contribution in [3.8, 4) is 0 Å². The minimum absolute atomic E-state index is 1.12. The van der Waals surface area contributed by atoms with Gasteiger partial charge >= 0.3 is 0 Å². The molecule has 0 atom stereocenters. The van der Waals surface area contributed by atoms with Gasteiger partial charge in [0.25, 0.3) is 0 Å². The van der Waals surface area contributed by atoms with Crippen molar-refractivity contribution in [3.63, 3.8) is 0 Å². The van der Waals surface area contributed by atoms with E-state index in [1.807, 2.05) is 5.55 Å². The van der Waals surface area contributed by atoms with Gasteiger partial charge in [0, 0.05) is 7.05 Å². The molecule has 0 spiro atoms. The molecule has 0 bridgehead atoms. The summed E-state index contributed by atoms with van der Waals surface area (Å²) in [5.41, 5.74) is 1.85. The summed E-state index contributed by atoms with van der Waals surface area (Å²) in [6.07, 6.45) is 0. The van der Waals surface area contributed by atoms with Gasteiger partial charge in [-0.2, -0.15) is 0 Å². The molecular formula is C4H9NS. The number of nitrogens with zero attached hydrogens (tertiary/aromatic N) is 1. The first-order valence-corrected chi connectivity index (χ1v) is 2.99. The summed E-state index contributed by atoms with van der Waals surface area (Å²) in [4.78, 5) is 3.76. The number of aliphatic imine (C=N–C) groups is 1. The largest absolute Gasteiger partial charge is 0.290 e. The van der Waals surface area contributed by atoms with E-state index in [-0.39, 0.29) is 0 Å². The van der Waals surface area contributed by atoms with Crippen LogP contribution in [0.1, 0.15) is 6.92 Å². The molecule has 0 aromatic heterocycles. The molecule has 0 aliphatic heterocycles. The van der Waals surface area contributed by atoms with E-state index in [0.29, 0.717) is 0 Å². The highest BCUT2D eigenvalue weighted by molar-refractivity contribution is 8.12. The van der Waals surface area contributed by atoms with Crippen molar-refractivity contribution in [2.45, 2.75) is 6.92 Å². The smallest absolute Gasteiger partial charge is 0.0537 e. The normalized spacial score (nSPS) is 10.3. The van der Waals surface area contributed by atoms with Gasteiger partial charge < -0.3 is 0 Å². The van der Waals surface area contributed by atoms with E-state index < -0.39 is 0 Å². The van der Waals surface area contributed by atoms with E-state index in [1.165, 1.54) is 0 Å². The second-order valence-electron chi connectivity index (χ2n) is 0.819. The van der Waals surface area contributed by atoms with Crippen LogP contribution in [-0.2, 0) is 0 Å². The Morgan fingerprint density at radius 1 is 1.83 bits per heavy atom. The first kappa shape index (κ1) is 6.02. The first-order valence-electron chi connectivity index (χ1n) is 1.94. The second kappa shape index (κ2) is 5.02. The minimum Gasteiger partial charge on any atom is -0.290 e. The van der Waals surface area contributed by atoms with Crippen molar-refractivity contribution >= 4 is 17.3 Å². The fourth-order valence-electron chi connectivity index (χ4n) is 0.149. The molecule has 0 aromatic carbocycles. The van der Waals surface area contributed by atoms with E-state index >= 15 is 0 Å². The molecule has 0 fully saturated rings. The van der Waals surface area contributed by atoms with Crippen molar-refractivity contribution in [2.24, 2.45) is 4.99 Å². The zero-order chi connectivity index (χ0) is 4.83. The van der Waals surface area contributed by atoms with Crippen LogP contribution in [0.25, 0.3) is 0 Å². The summed E-state index contributed by atoms with van der Waals surface area (Å²) in [6.45, 7) is 2.10. The highest BCUT2D eigenvalue weighted by Crippen LogP contribution is 1.88. The molecule has 0 N–H and O–H groups in total. The fraction of sp³-hybridized carbons (Fsp3) is 0.750. The highest BCUT2D eigenvalue weighted by atomic mass is 32.2. The van der Waals surface area contributed by atoms with Crippen LogP contribution in [0.2, 0.25) is 0 Å². The summed E-state index contributed by atoms with van der Waals surface area (Å²) >= 11 is 1.72. The maximum atomic E-state index is 3.76. The Labute approximate surface area is 42.9 Å². The average Bonchev–Trinajstić information content (AvgIpc) is 1.61. The van der Waals surface area contributed by atoms with Crippen molar-refractivity contribution in [2.75, 3.05) is 12.8 Å². The summed E-state index contributed by atoms with van der Waals surface area (Å²) in [5.74, 6) is 1.12. The third-order valence-corrected chi connectivity index (χ3v) is 1.04. The molecule has 0 rings (SSSR count). The Balaban J connectivity index is 2.66. The molecule has 0 amide bonds. The average molecular weight is 103 g/mol. The van der Waals surface area contributed by atoms with Gasteiger partial charge in [0.1, 0.15) is 0 Å². The monoisotopic (exact) mass is 103 g/mol. The molecule has 0 saturated heterocycles. The van der Waals surface area contributed by atoms with E-state index in [4.69, 9.17) is 0 Å². The molecule has 0 radical (unpaired) electrons. The standard InChI is InChI=1S/C4H9NS/c1-3-6-4-5-2/h4H,3H2,1-2H3. The lowest BCUT2D eigenvalue weighted by Gasteiger charge is -1.76. The van der Waals surface area contributed by atoms with Crippen LogP contribution in [0.15, 0.2) is 4.99 Å². The Morgan fingerprint density at radius 3 is 2.67 bits per heavy atom. The maximum absolute atomic E-state index is 3.76. The molecule has 0 aromatic rings. The lowest BCUT2D eigenvalue weighted by molar-refractivity contribution is 1.48. The van der Waals surface area contributed by atoms with Crippen molar-refractivity contribution in [3.05, 3.63) is 0 Å². The van der Waals surface area contributed by atoms with Crippen LogP contribution in [0, 0.1) is 0 Å². The van der Waals surface area contributed by atoms with Gasteiger partial charge in [-0.05, 0) is 5.75 Å². The number of rotatable bonds is 2. The predicted molar refractivity (Wildman–Crippen MR) is 32.5 cm³/mol. The van der Waals surface area contributed by atoms with Crippen LogP contribution in [-0.4, -0.2) is 18.3 Å². The third kappa shape index (κ3) is 4.02. The van der Waals surface area contributed by atoms with E-state index in [9.17, 15) is 0 Å². The summed E-state index contributed by atoms with van der Waals surface area (Å²) in [5, 5.41) is 0. The lowest BCUT2D eigenvalue weighted by atomic mass is 11.0. The Hall–Kier alpha value is 0.0200. The van der Waals surface area contributed by atoms with Gasteiger partial charge in [-0.25, -0.2) is 0 Å². The van der Waals surface area contributed by atoms with Crippen LogP contribution in [0.3, 0.4) is 0 Å². The molecular weight excluding hydrogens is 94.1 g/mol. The van der Waals surface area contributed by atoms with Gasteiger partial charge in [0.2, 0.25) is 0 Å². The quantitative estimate of drug-likeness (QED) is 0.380. The second-order valence-corrected chi connectivity index (χ2v) is 1.94. The van der Waals surface area contributed by atoms with Crippen molar-refractivity contribution < 1.29 is 0 Å². The molecule has 0 aliphatic rings. The van der Waals surface area contributed by atoms with Gasteiger partial charge in [-0.3, -0.25) is 4.99 Å². The maximum Gasteiger partial charge on any atom is 0.0537 e. The fourth-order valence-corrected chi connectivity index (χ4v) is 0.447. The SMILES string of the molecule is CCSC=NC. The molecule has 0 saturated carbocycles. The summed E-state index contributed by atoms with van der Waals surface area (Å²) < 4.78 is 0. The van der Waals surface area contributed by atoms with E-state index in [0.717, 1.165) is 5.75 Å². The molecule has 36 valence electrons. The van der Waals surface area contributed by atoms with Gasteiger partial charge in [0.15, 0.2) is 0 Å². The highest BCUT2D eigenvalue weighted by Gasteiger charge is 1.65.